The molecule has 1 N–H and O–H groups in total. The number of rotatable bonds is 9. The number of anilines is 1. The number of methoxy groups -OCH3 is 2. The lowest BCUT2D eigenvalue weighted by molar-refractivity contribution is -0.148. The quantitative estimate of drug-likeness (QED) is 0.428. The monoisotopic (exact) mass is 490 g/mol. The molecule has 0 aromatic heterocycles. The van der Waals surface area contributed by atoms with E-state index in [-0.39, 0.29) is 6.54 Å². The number of benzene rings is 2. The maximum Gasteiger partial charge on any atom is 0.331 e. The van der Waals surface area contributed by atoms with Crippen molar-refractivity contribution in [1.29, 1.82) is 0 Å². The van der Waals surface area contributed by atoms with Crippen molar-refractivity contribution in [1.82, 2.24) is 4.90 Å². The lowest BCUT2D eigenvalue weighted by atomic mass is 10.2. The molecule has 2 rings (SSSR count). The van der Waals surface area contributed by atoms with Gasteiger partial charge < -0.3 is 24.4 Å². The van der Waals surface area contributed by atoms with Crippen molar-refractivity contribution in [2.45, 2.75) is 0 Å². The van der Waals surface area contributed by atoms with Crippen LogP contribution in [0.5, 0.6) is 11.5 Å². The van der Waals surface area contributed by atoms with Crippen LogP contribution in [0.15, 0.2) is 53.0 Å². The molecule has 0 spiro atoms. The number of esters is 1. The highest BCUT2D eigenvalue weighted by molar-refractivity contribution is 9.10. The van der Waals surface area contributed by atoms with E-state index in [0.29, 0.717) is 22.7 Å². The van der Waals surface area contributed by atoms with Crippen LogP contribution >= 0.6 is 15.9 Å². The number of nitrogens with zero attached hydrogens (tertiary/aromatic N) is 1. The molecule has 0 aliphatic carbocycles. The maximum atomic E-state index is 12.2. The number of hydrogen-bond donors (Lipinski definition) is 1. The number of carbonyl (C=O) groups is 3. The number of nitrogens with one attached hydrogen (secondary N) is 1. The predicted molar refractivity (Wildman–Crippen MR) is 120 cm³/mol. The maximum absolute atomic E-state index is 12.2. The fraction of sp³-hybridized carbons (Fsp3) is 0.227. The summed E-state index contributed by atoms with van der Waals surface area (Å²) in [5, 5.41) is 2.67. The summed E-state index contributed by atoms with van der Waals surface area (Å²) in [5.41, 5.74) is 1.22. The van der Waals surface area contributed by atoms with Gasteiger partial charge in [0.2, 0.25) is 5.91 Å². The second-order valence-electron chi connectivity index (χ2n) is 6.36. The van der Waals surface area contributed by atoms with Crippen molar-refractivity contribution in [2.75, 3.05) is 39.7 Å². The Morgan fingerprint density at radius 3 is 2.58 bits per heavy atom. The molecule has 8 nitrogen and oxygen atoms in total. The van der Waals surface area contributed by atoms with E-state index in [0.717, 1.165) is 4.47 Å². The van der Waals surface area contributed by atoms with Crippen LogP contribution in [0, 0.1) is 0 Å². The van der Waals surface area contributed by atoms with Crippen molar-refractivity contribution in [3.8, 4) is 11.5 Å². The number of halogens is 1. The minimum absolute atomic E-state index is 0.196. The zero-order valence-corrected chi connectivity index (χ0v) is 19.0. The fourth-order valence-electron chi connectivity index (χ4n) is 2.49. The van der Waals surface area contributed by atoms with E-state index in [2.05, 4.69) is 21.2 Å². The van der Waals surface area contributed by atoms with Crippen LogP contribution in [-0.4, -0.2) is 57.1 Å². The number of likely N-dealkylation sites (N-methyl/N-ethyl adjacent to an activating group) is 1. The zero-order chi connectivity index (χ0) is 22.8. The van der Waals surface area contributed by atoms with Gasteiger partial charge in [0.1, 0.15) is 11.5 Å². The van der Waals surface area contributed by atoms with Gasteiger partial charge in [0.15, 0.2) is 6.61 Å². The summed E-state index contributed by atoms with van der Waals surface area (Å²) in [6, 6.07) is 12.2. The molecule has 164 valence electrons. The van der Waals surface area contributed by atoms with Crippen LogP contribution in [0.2, 0.25) is 0 Å². The van der Waals surface area contributed by atoms with Crippen molar-refractivity contribution < 1.29 is 28.6 Å². The first-order chi connectivity index (χ1) is 14.8. The van der Waals surface area contributed by atoms with E-state index in [1.807, 2.05) is 6.07 Å². The predicted octanol–water partition coefficient (Wildman–Crippen LogP) is 3.12. The first-order valence-electron chi connectivity index (χ1n) is 9.18. The van der Waals surface area contributed by atoms with Crippen LogP contribution in [0.3, 0.4) is 0 Å². The molecule has 0 unspecified atom stereocenters. The fourth-order valence-corrected chi connectivity index (χ4v) is 2.87. The molecule has 2 amide bonds. The Morgan fingerprint density at radius 2 is 1.87 bits per heavy atom. The van der Waals surface area contributed by atoms with Gasteiger partial charge in [0, 0.05) is 34.9 Å². The Morgan fingerprint density at radius 1 is 1.10 bits per heavy atom. The van der Waals surface area contributed by atoms with Gasteiger partial charge in [-0.1, -0.05) is 22.0 Å². The van der Waals surface area contributed by atoms with Crippen molar-refractivity contribution >= 4 is 45.5 Å². The molecule has 0 saturated heterocycles. The largest absolute Gasteiger partial charge is 0.497 e. The Bertz CT molecular complexity index is 976. The van der Waals surface area contributed by atoms with Crippen LogP contribution < -0.4 is 14.8 Å². The van der Waals surface area contributed by atoms with E-state index in [9.17, 15) is 14.4 Å². The number of hydrogen-bond acceptors (Lipinski definition) is 6. The Balaban J connectivity index is 1.82. The van der Waals surface area contributed by atoms with Gasteiger partial charge >= 0.3 is 5.97 Å². The average molecular weight is 491 g/mol. The van der Waals surface area contributed by atoms with E-state index in [4.69, 9.17) is 14.2 Å². The Hall–Kier alpha value is -3.33. The minimum atomic E-state index is -0.690. The van der Waals surface area contributed by atoms with Crippen molar-refractivity contribution in [2.24, 2.45) is 0 Å². The van der Waals surface area contributed by atoms with E-state index in [1.165, 1.54) is 38.3 Å². The van der Waals surface area contributed by atoms with Gasteiger partial charge in [-0.3, -0.25) is 9.59 Å². The van der Waals surface area contributed by atoms with Gasteiger partial charge in [-0.2, -0.15) is 0 Å². The molecule has 9 heteroatoms. The molecule has 0 aliphatic rings. The van der Waals surface area contributed by atoms with Crippen molar-refractivity contribution in [3.63, 3.8) is 0 Å². The molecule has 0 aliphatic heterocycles. The van der Waals surface area contributed by atoms with Crippen LogP contribution in [0.4, 0.5) is 5.69 Å². The SMILES string of the molecule is COc1cccc(NC(=O)CN(C)C(=O)COC(=O)/C=C/c2cc(Br)ccc2OC)c1. The first-order valence-corrected chi connectivity index (χ1v) is 9.98. The molecule has 0 bridgehead atoms. The smallest absolute Gasteiger partial charge is 0.331 e. The van der Waals surface area contributed by atoms with Gasteiger partial charge in [-0.25, -0.2) is 4.79 Å². The van der Waals surface area contributed by atoms with Crippen LogP contribution in [0.25, 0.3) is 6.08 Å². The summed E-state index contributed by atoms with van der Waals surface area (Å²) in [6.45, 7) is -0.680. The molecule has 0 radical (unpaired) electrons. The molecule has 2 aromatic rings. The number of carbonyl (C=O) groups excluding carboxylic acids is 3. The molecule has 31 heavy (non-hydrogen) atoms. The third-order valence-electron chi connectivity index (χ3n) is 4.09. The molecule has 0 saturated carbocycles. The summed E-state index contributed by atoms with van der Waals surface area (Å²) >= 11 is 3.35. The van der Waals surface area contributed by atoms with Gasteiger partial charge in [-0.15, -0.1) is 0 Å². The van der Waals surface area contributed by atoms with E-state index >= 15 is 0 Å². The summed E-state index contributed by atoms with van der Waals surface area (Å²) in [4.78, 5) is 37.4. The molecule has 0 atom stereocenters. The standard InChI is InChI=1S/C22H23BrN2O6/c1-25(13-20(26)24-17-5-4-6-18(12-17)29-2)21(27)14-31-22(28)10-7-15-11-16(23)8-9-19(15)30-3/h4-12H,13-14H2,1-3H3,(H,24,26)/b10-7+. The summed E-state index contributed by atoms with van der Waals surface area (Å²) in [5.74, 6) is -0.406. The van der Waals surface area contributed by atoms with Crippen molar-refractivity contribution in [3.05, 3.63) is 58.6 Å². The minimum Gasteiger partial charge on any atom is -0.497 e. The average Bonchev–Trinajstić information content (AvgIpc) is 2.76. The molecular weight excluding hydrogens is 468 g/mol. The lowest BCUT2D eigenvalue weighted by Crippen LogP contribution is -2.37. The van der Waals surface area contributed by atoms with Gasteiger partial charge in [-0.05, 0) is 36.4 Å². The molecular formula is C22H23BrN2O6. The van der Waals surface area contributed by atoms with E-state index in [1.54, 1.807) is 36.4 Å². The summed E-state index contributed by atoms with van der Waals surface area (Å²) < 4.78 is 16.1. The highest BCUT2D eigenvalue weighted by Crippen LogP contribution is 2.24. The normalized spacial score (nSPS) is 10.5. The Labute approximate surface area is 188 Å². The third-order valence-corrected chi connectivity index (χ3v) is 4.58. The molecule has 0 fully saturated rings. The molecule has 2 aromatic carbocycles. The van der Waals surface area contributed by atoms with E-state index < -0.39 is 24.4 Å². The second-order valence-corrected chi connectivity index (χ2v) is 7.27. The number of ether oxygens (including phenoxy) is 3. The van der Waals surface area contributed by atoms with Crippen LogP contribution in [-0.2, 0) is 19.1 Å². The molecule has 0 heterocycles. The summed E-state index contributed by atoms with van der Waals surface area (Å²) in [7, 11) is 4.50. The topological polar surface area (TPSA) is 94.2 Å². The first kappa shape index (κ1) is 23.9. The highest BCUT2D eigenvalue weighted by Gasteiger charge is 2.15. The van der Waals surface area contributed by atoms with Crippen LogP contribution in [0.1, 0.15) is 5.56 Å². The summed E-state index contributed by atoms with van der Waals surface area (Å²) in [6.07, 6.45) is 2.73. The number of amides is 2. The lowest BCUT2D eigenvalue weighted by Gasteiger charge is -2.16. The Kier molecular flexibility index (Phi) is 9.08. The second kappa shape index (κ2) is 11.8. The highest BCUT2D eigenvalue weighted by atomic mass is 79.9. The third kappa shape index (κ3) is 7.78. The van der Waals surface area contributed by atoms with Gasteiger partial charge in [0.25, 0.3) is 5.91 Å². The zero-order valence-electron chi connectivity index (χ0n) is 17.4. The van der Waals surface area contributed by atoms with Gasteiger partial charge in [0.05, 0.1) is 20.8 Å².